The maximum atomic E-state index is 11.9. The maximum Gasteiger partial charge on any atom is 0.272 e. The van der Waals surface area contributed by atoms with E-state index in [1.807, 2.05) is 11.4 Å². The van der Waals surface area contributed by atoms with Crippen LogP contribution in [0.5, 0.6) is 0 Å². The molecule has 7 heteroatoms. The molecule has 0 unspecified atom stereocenters. The van der Waals surface area contributed by atoms with Crippen LogP contribution in [0.25, 0.3) is 10.8 Å². The molecule has 20 heavy (non-hydrogen) atoms. The SMILES string of the molecule is O=c1[nH][nH]c(=O)c2c(NCc3csc(Br)c3)cccc12. The lowest BCUT2D eigenvalue weighted by Gasteiger charge is -2.07. The molecule has 0 bridgehead atoms. The average molecular weight is 352 g/mol. The number of aromatic nitrogens is 2. The Morgan fingerprint density at radius 2 is 2.00 bits per heavy atom. The monoisotopic (exact) mass is 351 g/mol. The van der Waals surface area contributed by atoms with Crippen LogP contribution >= 0.6 is 27.3 Å². The number of benzene rings is 1. The van der Waals surface area contributed by atoms with Gasteiger partial charge in [-0.25, -0.2) is 0 Å². The van der Waals surface area contributed by atoms with Gasteiger partial charge in [0, 0.05) is 12.2 Å². The highest BCUT2D eigenvalue weighted by Gasteiger charge is 2.08. The summed E-state index contributed by atoms with van der Waals surface area (Å²) < 4.78 is 1.06. The van der Waals surface area contributed by atoms with Crippen LogP contribution in [-0.2, 0) is 6.54 Å². The molecule has 3 rings (SSSR count). The lowest BCUT2D eigenvalue weighted by Crippen LogP contribution is -2.20. The molecule has 1 aromatic carbocycles. The van der Waals surface area contributed by atoms with Crippen molar-refractivity contribution in [2.45, 2.75) is 6.54 Å². The molecule has 0 amide bonds. The molecule has 0 fully saturated rings. The number of nitrogens with one attached hydrogen (secondary N) is 3. The number of halogens is 1. The molecule has 2 aromatic heterocycles. The van der Waals surface area contributed by atoms with Crippen molar-refractivity contribution in [3.05, 3.63) is 59.7 Å². The van der Waals surface area contributed by atoms with Crippen molar-refractivity contribution in [2.24, 2.45) is 0 Å². The van der Waals surface area contributed by atoms with Gasteiger partial charge in [0.2, 0.25) is 0 Å². The molecular formula is C13H10BrN3O2S. The Kier molecular flexibility index (Phi) is 3.45. The molecular weight excluding hydrogens is 342 g/mol. The van der Waals surface area contributed by atoms with E-state index in [-0.39, 0.29) is 11.1 Å². The van der Waals surface area contributed by atoms with Crippen LogP contribution in [0.3, 0.4) is 0 Å². The number of hydrogen-bond donors (Lipinski definition) is 3. The van der Waals surface area contributed by atoms with E-state index >= 15 is 0 Å². The van der Waals surface area contributed by atoms with Gasteiger partial charge < -0.3 is 5.32 Å². The quantitative estimate of drug-likeness (QED) is 0.678. The fourth-order valence-corrected chi connectivity index (χ4v) is 3.22. The average Bonchev–Trinajstić information content (AvgIpc) is 2.86. The fraction of sp³-hybridized carbons (Fsp3) is 0.0769. The predicted molar refractivity (Wildman–Crippen MR) is 84.5 cm³/mol. The summed E-state index contributed by atoms with van der Waals surface area (Å²) in [4.78, 5) is 23.6. The van der Waals surface area contributed by atoms with Crippen LogP contribution in [0.1, 0.15) is 5.56 Å². The van der Waals surface area contributed by atoms with Crippen molar-refractivity contribution in [3.8, 4) is 0 Å². The van der Waals surface area contributed by atoms with Crippen LogP contribution in [0.15, 0.2) is 43.0 Å². The van der Waals surface area contributed by atoms with Crippen molar-refractivity contribution in [1.82, 2.24) is 10.2 Å². The minimum atomic E-state index is -0.311. The van der Waals surface area contributed by atoms with E-state index in [0.717, 1.165) is 9.35 Å². The van der Waals surface area contributed by atoms with Gasteiger partial charge in [0.1, 0.15) is 0 Å². The minimum absolute atomic E-state index is 0.304. The van der Waals surface area contributed by atoms with Gasteiger partial charge >= 0.3 is 0 Å². The maximum absolute atomic E-state index is 11.9. The Morgan fingerprint density at radius 3 is 2.75 bits per heavy atom. The summed E-state index contributed by atoms with van der Waals surface area (Å²) >= 11 is 5.01. The fourth-order valence-electron chi connectivity index (χ4n) is 2.01. The van der Waals surface area contributed by atoms with E-state index < -0.39 is 0 Å². The molecule has 5 nitrogen and oxygen atoms in total. The van der Waals surface area contributed by atoms with E-state index in [0.29, 0.717) is 23.0 Å². The highest BCUT2D eigenvalue weighted by molar-refractivity contribution is 9.11. The van der Waals surface area contributed by atoms with E-state index in [1.54, 1.807) is 29.5 Å². The Bertz CT molecular complexity index is 881. The molecule has 0 aliphatic rings. The van der Waals surface area contributed by atoms with E-state index in [1.165, 1.54) is 0 Å². The van der Waals surface area contributed by atoms with Gasteiger partial charge in [-0.15, -0.1) is 11.3 Å². The van der Waals surface area contributed by atoms with Crippen LogP contribution < -0.4 is 16.4 Å². The number of aromatic amines is 2. The van der Waals surface area contributed by atoms with Crippen molar-refractivity contribution in [2.75, 3.05) is 5.32 Å². The normalized spacial score (nSPS) is 10.8. The van der Waals surface area contributed by atoms with Crippen LogP contribution in [0.2, 0.25) is 0 Å². The molecule has 3 aromatic rings. The molecule has 3 N–H and O–H groups in total. The summed E-state index contributed by atoms with van der Waals surface area (Å²) in [6.45, 7) is 0.591. The van der Waals surface area contributed by atoms with Crippen LogP contribution in [0, 0.1) is 0 Å². The Hall–Kier alpha value is -1.86. The second-order valence-electron chi connectivity index (χ2n) is 4.25. The Balaban J connectivity index is 2.01. The summed E-state index contributed by atoms with van der Waals surface area (Å²) in [6, 6.07) is 7.19. The lowest BCUT2D eigenvalue weighted by atomic mass is 10.1. The van der Waals surface area contributed by atoms with Crippen LogP contribution in [0.4, 0.5) is 5.69 Å². The third-order valence-electron chi connectivity index (χ3n) is 2.93. The third-order valence-corrected chi connectivity index (χ3v) is 4.48. The molecule has 0 spiro atoms. The molecule has 0 saturated carbocycles. The first-order valence-electron chi connectivity index (χ1n) is 5.85. The van der Waals surface area contributed by atoms with Gasteiger partial charge in [-0.3, -0.25) is 19.8 Å². The molecule has 0 aliphatic heterocycles. The number of hydrogen-bond acceptors (Lipinski definition) is 4. The zero-order valence-electron chi connectivity index (χ0n) is 10.2. The van der Waals surface area contributed by atoms with E-state index in [9.17, 15) is 9.59 Å². The summed E-state index contributed by atoms with van der Waals surface area (Å²) in [6.07, 6.45) is 0. The van der Waals surface area contributed by atoms with E-state index in [2.05, 4.69) is 31.4 Å². The Labute approximate surface area is 125 Å². The molecule has 2 heterocycles. The topological polar surface area (TPSA) is 77.8 Å². The summed E-state index contributed by atoms with van der Waals surface area (Å²) in [5.41, 5.74) is 1.15. The summed E-state index contributed by atoms with van der Waals surface area (Å²) in [5.74, 6) is 0. The standard InChI is InChI=1S/C13H10BrN3O2S/c14-10-4-7(6-20-10)5-15-9-3-1-2-8-11(9)13(19)17-16-12(8)18/h1-4,6,15H,5H2,(H,16,18)(H,17,19). The zero-order valence-corrected chi connectivity index (χ0v) is 12.6. The molecule has 0 radical (unpaired) electrons. The second kappa shape index (κ2) is 5.26. The Morgan fingerprint density at radius 1 is 1.20 bits per heavy atom. The number of anilines is 1. The van der Waals surface area contributed by atoms with Gasteiger partial charge in [-0.05, 0) is 45.1 Å². The smallest absolute Gasteiger partial charge is 0.272 e. The molecule has 0 aliphatic carbocycles. The van der Waals surface area contributed by atoms with Crippen molar-refractivity contribution >= 4 is 43.7 Å². The first kappa shape index (κ1) is 13.1. The van der Waals surface area contributed by atoms with Crippen molar-refractivity contribution in [1.29, 1.82) is 0 Å². The zero-order chi connectivity index (χ0) is 14.1. The van der Waals surface area contributed by atoms with Gasteiger partial charge in [0.15, 0.2) is 0 Å². The van der Waals surface area contributed by atoms with Gasteiger partial charge in [0.25, 0.3) is 11.1 Å². The third kappa shape index (κ3) is 2.41. The largest absolute Gasteiger partial charge is 0.380 e. The molecule has 0 atom stereocenters. The van der Waals surface area contributed by atoms with Gasteiger partial charge in [-0.1, -0.05) is 6.07 Å². The molecule has 102 valence electrons. The second-order valence-corrected chi connectivity index (χ2v) is 6.54. The summed E-state index contributed by atoms with van der Waals surface area (Å²) in [5, 5.41) is 10.7. The van der Waals surface area contributed by atoms with Crippen molar-refractivity contribution in [3.63, 3.8) is 0 Å². The minimum Gasteiger partial charge on any atom is -0.380 e. The first-order valence-corrected chi connectivity index (χ1v) is 7.53. The predicted octanol–water partition coefficient (Wildman–Crippen LogP) is 2.65. The highest BCUT2D eigenvalue weighted by Crippen LogP contribution is 2.22. The number of fused-ring (bicyclic) bond motifs is 1. The van der Waals surface area contributed by atoms with Gasteiger partial charge in [-0.2, -0.15) is 0 Å². The first-order chi connectivity index (χ1) is 9.65. The number of thiophene rings is 1. The van der Waals surface area contributed by atoms with E-state index in [4.69, 9.17) is 0 Å². The molecule has 0 saturated heterocycles. The lowest BCUT2D eigenvalue weighted by molar-refractivity contribution is 0.976. The number of rotatable bonds is 3. The highest BCUT2D eigenvalue weighted by atomic mass is 79.9. The van der Waals surface area contributed by atoms with Crippen LogP contribution in [-0.4, -0.2) is 10.2 Å². The van der Waals surface area contributed by atoms with Gasteiger partial charge in [0.05, 0.1) is 14.6 Å². The number of H-pyrrole nitrogens is 2. The van der Waals surface area contributed by atoms with Crippen molar-refractivity contribution < 1.29 is 0 Å². The summed E-state index contributed by atoms with van der Waals surface area (Å²) in [7, 11) is 0.